The maximum absolute atomic E-state index is 12.8. The largest absolute Gasteiger partial charge is 0.465 e. The van der Waals surface area contributed by atoms with Gasteiger partial charge in [0.25, 0.3) is 0 Å². The molecule has 3 rings (SSSR count). The summed E-state index contributed by atoms with van der Waals surface area (Å²) in [7, 11) is -2.21. The monoisotopic (exact) mass is 345 g/mol. The van der Waals surface area contributed by atoms with E-state index in [-0.39, 0.29) is 6.54 Å². The highest BCUT2D eigenvalue weighted by Crippen LogP contribution is 2.26. The molecule has 1 heterocycles. The molecule has 0 amide bonds. The number of sulfonamides is 1. The predicted octanol–water partition coefficient (Wildman–Crippen LogP) is 2.53. The fourth-order valence-corrected chi connectivity index (χ4v) is 4.26. The van der Waals surface area contributed by atoms with Crippen LogP contribution in [0, 0.1) is 6.92 Å². The number of ether oxygens (including phenoxy) is 1. The minimum atomic E-state index is -3.54. The number of hydrogen-bond acceptors (Lipinski definition) is 4. The van der Waals surface area contributed by atoms with Gasteiger partial charge in [-0.25, -0.2) is 13.2 Å². The molecule has 0 aliphatic carbocycles. The van der Waals surface area contributed by atoms with Gasteiger partial charge in [-0.1, -0.05) is 23.8 Å². The third kappa shape index (κ3) is 3.07. The number of carbonyl (C=O) groups is 1. The number of fused-ring (bicyclic) bond motifs is 1. The summed E-state index contributed by atoms with van der Waals surface area (Å²) >= 11 is 0. The summed E-state index contributed by atoms with van der Waals surface area (Å²) in [5, 5.41) is 0. The summed E-state index contributed by atoms with van der Waals surface area (Å²) < 4.78 is 31.8. The molecule has 0 bridgehead atoms. The molecular formula is C18H19NO4S. The van der Waals surface area contributed by atoms with Crippen LogP contribution in [0.5, 0.6) is 0 Å². The van der Waals surface area contributed by atoms with Gasteiger partial charge in [0.2, 0.25) is 10.0 Å². The number of methoxy groups -OCH3 is 1. The number of esters is 1. The first-order chi connectivity index (χ1) is 11.4. The molecule has 2 aromatic rings. The second kappa shape index (κ2) is 6.37. The van der Waals surface area contributed by atoms with Crippen LogP contribution >= 0.6 is 0 Å². The van der Waals surface area contributed by atoms with Crippen molar-refractivity contribution in [3.63, 3.8) is 0 Å². The number of benzene rings is 2. The Hall–Kier alpha value is -2.18. The van der Waals surface area contributed by atoms with Crippen LogP contribution < -0.4 is 0 Å². The van der Waals surface area contributed by atoms with Gasteiger partial charge in [0, 0.05) is 13.1 Å². The van der Waals surface area contributed by atoms with E-state index in [1.165, 1.54) is 11.4 Å². The SMILES string of the molecule is COC(=O)c1ccc2c(c1)CN(S(=O)(=O)c1ccc(C)cc1)CC2. The van der Waals surface area contributed by atoms with E-state index in [0.717, 1.165) is 16.7 Å². The molecule has 1 aliphatic rings. The number of rotatable bonds is 3. The molecule has 1 aliphatic heterocycles. The molecule has 0 saturated heterocycles. The quantitative estimate of drug-likeness (QED) is 0.802. The van der Waals surface area contributed by atoms with Crippen LogP contribution in [0.15, 0.2) is 47.4 Å². The number of nitrogens with zero attached hydrogens (tertiary/aromatic N) is 1. The first-order valence-corrected chi connectivity index (χ1v) is 9.13. The zero-order valence-corrected chi connectivity index (χ0v) is 14.5. The van der Waals surface area contributed by atoms with Crippen molar-refractivity contribution in [2.24, 2.45) is 0 Å². The molecule has 0 aromatic heterocycles. The van der Waals surface area contributed by atoms with Gasteiger partial charge >= 0.3 is 5.97 Å². The minimum absolute atomic E-state index is 0.260. The van der Waals surface area contributed by atoms with E-state index in [9.17, 15) is 13.2 Å². The lowest BCUT2D eigenvalue weighted by Gasteiger charge is -2.28. The van der Waals surface area contributed by atoms with Crippen LogP contribution in [0.2, 0.25) is 0 Å². The lowest BCUT2D eigenvalue weighted by molar-refractivity contribution is 0.0600. The first-order valence-electron chi connectivity index (χ1n) is 7.69. The van der Waals surface area contributed by atoms with Gasteiger partial charge in [0.05, 0.1) is 17.6 Å². The third-order valence-corrected chi connectivity index (χ3v) is 6.12. The molecule has 5 nitrogen and oxygen atoms in total. The highest BCUT2D eigenvalue weighted by atomic mass is 32.2. The van der Waals surface area contributed by atoms with Crippen molar-refractivity contribution in [1.82, 2.24) is 4.31 Å². The summed E-state index contributed by atoms with van der Waals surface area (Å²) in [6.45, 7) is 2.61. The number of aryl methyl sites for hydroxylation is 1. The van der Waals surface area contributed by atoms with Gasteiger partial charge < -0.3 is 4.74 Å². The van der Waals surface area contributed by atoms with Crippen molar-refractivity contribution in [2.75, 3.05) is 13.7 Å². The Morgan fingerprint density at radius 2 is 1.79 bits per heavy atom. The highest BCUT2D eigenvalue weighted by molar-refractivity contribution is 7.89. The normalized spacial score (nSPS) is 14.9. The van der Waals surface area contributed by atoms with Crippen LogP contribution in [-0.2, 0) is 27.7 Å². The van der Waals surface area contributed by atoms with E-state index >= 15 is 0 Å². The minimum Gasteiger partial charge on any atom is -0.465 e. The van der Waals surface area contributed by atoms with E-state index in [0.29, 0.717) is 23.4 Å². The smallest absolute Gasteiger partial charge is 0.337 e. The molecule has 2 aromatic carbocycles. The Morgan fingerprint density at radius 3 is 2.46 bits per heavy atom. The predicted molar refractivity (Wildman–Crippen MR) is 90.3 cm³/mol. The molecule has 0 atom stereocenters. The summed E-state index contributed by atoms with van der Waals surface area (Å²) in [5.41, 5.74) is 3.37. The van der Waals surface area contributed by atoms with Gasteiger partial charge in [-0.05, 0) is 48.7 Å². The lowest BCUT2D eigenvalue weighted by atomic mass is 9.98. The van der Waals surface area contributed by atoms with Crippen LogP contribution in [0.1, 0.15) is 27.0 Å². The van der Waals surface area contributed by atoms with Gasteiger partial charge in [-0.2, -0.15) is 4.31 Å². The van der Waals surface area contributed by atoms with E-state index < -0.39 is 16.0 Å². The maximum atomic E-state index is 12.8. The summed E-state index contributed by atoms with van der Waals surface area (Å²) in [5.74, 6) is -0.420. The Kier molecular flexibility index (Phi) is 4.43. The van der Waals surface area contributed by atoms with Crippen molar-refractivity contribution in [2.45, 2.75) is 24.8 Å². The average molecular weight is 345 g/mol. The molecular weight excluding hydrogens is 326 g/mol. The Balaban J connectivity index is 1.91. The van der Waals surface area contributed by atoms with Gasteiger partial charge in [0.15, 0.2) is 0 Å². The zero-order chi connectivity index (χ0) is 17.3. The van der Waals surface area contributed by atoms with Crippen LogP contribution in [0.4, 0.5) is 0 Å². The fraction of sp³-hybridized carbons (Fsp3) is 0.278. The van der Waals surface area contributed by atoms with Crippen molar-refractivity contribution >= 4 is 16.0 Å². The Morgan fingerprint density at radius 1 is 1.08 bits per heavy atom. The van der Waals surface area contributed by atoms with Crippen molar-refractivity contribution in [3.05, 3.63) is 64.7 Å². The summed E-state index contributed by atoms with van der Waals surface area (Å²) in [6.07, 6.45) is 0.627. The molecule has 6 heteroatoms. The zero-order valence-electron chi connectivity index (χ0n) is 13.7. The molecule has 0 spiro atoms. The standard InChI is InChI=1S/C18H19NO4S/c1-13-3-7-17(8-4-13)24(21,22)19-10-9-14-5-6-15(18(20)23-2)11-16(14)12-19/h3-8,11H,9-10,12H2,1-2H3. The van der Waals surface area contributed by atoms with Crippen molar-refractivity contribution in [3.8, 4) is 0 Å². The second-order valence-electron chi connectivity index (χ2n) is 5.88. The third-order valence-electron chi connectivity index (χ3n) is 4.26. The molecule has 0 fully saturated rings. The second-order valence-corrected chi connectivity index (χ2v) is 7.81. The molecule has 24 heavy (non-hydrogen) atoms. The molecule has 0 saturated carbocycles. The van der Waals surface area contributed by atoms with E-state index in [1.54, 1.807) is 36.4 Å². The summed E-state index contributed by atoms with van der Waals surface area (Å²) in [4.78, 5) is 12.0. The molecule has 0 unspecified atom stereocenters. The van der Waals surface area contributed by atoms with Crippen molar-refractivity contribution in [1.29, 1.82) is 0 Å². The van der Waals surface area contributed by atoms with Crippen LogP contribution in [0.25, 0.3) is 0 Å². The first kappa shape index (κ1) is 16.7. The van der Waals surface area contributed by atoms with E-state index in [1.807, 2.05) is 13.0 Å². The van der Waals surface area contributed by atoms with Crippen LogP contribution in [-0.4, -0.2) is 32.3 Å². The lowest BCUT2D eigenvalue weighted by Crippen LogP contribution is -2.36. The topological polar surface area (TPSA) is 63.7 Å². The van der Waals surface area contributed by atoms with E-state index in [2.05, 4.69) is 0 Å². The summed E-state index contributed by atoms with van der Waals surface area (Å²) in [6, 6.07) is 12.2. The van der Waals surface area contributed by atoms with E-state index in [4.69, 9.17) is 4.74 Å². The van der Waals surface area contributed by atoms with Gasteiger partial charge in [-0.15, -0.1) is 0 Å². The Labute approximate surface area is 141 Å². The number of carbonyl (C=O) groups excluding carboxylic acids is 1. The van der Waals surface area contributed by atoms with Crippen molar-refractivity contribution < 1.29 is 17.9 Å². The molecule has 0 N–H and O–H groups in total. The molecule has 0 radical (unpaired) electrons. The maximum Gasteiger partial charge on any atom is 0.337 e. The average Bonchev–Trinajstić information content (AvgIpc) is 2.60. The Bertz CT molecular complexity index is 872. The van der Waals surface area contributed by atoms with Gasteiger partial charge in [0.1, 0.15) is 0 Å². The van der Waals surface area contributed by atoms with Gasteiger partial charge in [-0.3, -0.25) is 0 Å². The number of hydrogen-bond donors (Lipinski definition) is 0. The fourth-order valence-electron chi connectivity index (χ4n) is 2.84. The molecule has 126 valence electrons. The highest BCUT2D eigenvalue weighted by Gasteiger charge is 2.28. The van der Waals surface area contributed by atoms with Crippen LogP contribution in [0.3, 0.4) is 0 Å².